The molecular weight excluding hydrogens is 707 g/mol. The monoisotopic (exact) mass is 754 g/mol. The van der Waals surface area contributed by atoms with Gasteiger partial charge in [0, 0.05) is 26.7 Å². The zero-order chi connectivity index (χ0) is 37.3. The molecule has 1 aliphatic heterocycles. The van der Waals surface area contributed by atoms with Crippen LogP contribution < -0.4 is 11.1 Å². The second-order valence-corrected chi connectivity index (χ2v) is 17.8. The molecule has 0 unspecified atom stereocenters. The van der Waals surface area contributed by atoms with Crippen LogP contribution >= 0.6 is 30.8 Å². The van der Waals surface area contributed by atoms with E-state index in [1.807, 2.05) is 54.0 Å². The number of carbonyl (C=O) groups excluding carboxylic acids is 1. The largest absolute Gasteiger partial charge is 0.476 e. The molecule has 0 aliphatic carbocycles. The summed E-state index contributed by atoms with van der Waals surface area (Å²) in [6.07, 6.45) is 1.43. The summed E-state index contributed by atoms with van der Waals surface area (Å²) in [5, 5.41) is 13.6. The Kier molecular flexibility index (Phi) is 11.8. The lowest BCUT2D eigenvalue weighted by molar-refractivity contribution is -0.116. The molecule has 1 atom stereocenters. The number of aryl methyl sites for hydroxylation is 3. The van der Waals surface area contributed by atoms with Gasteiger partial charge in [0.1, 0.15) is 16.9 Å². The number of phosphoric ester groups is 1. The summed E-state index contributed by atoms with van der Waals surface area (Å²) < 4.78 is 33.5. The molecular formula is C37H48ClN6O5PS. The van der Waals surface area contributed by atoms with Crippen LogP contribution in [0, 0.1) is 20.8 Å². The van der Waals surface area contributed by atoms with E-state index in [9.17, 15) is 9.36 Å². The van der Waals surface area contributed by atoms with Crippen molar-refractivity contribution in [2.75, 3.05) is 11.9 Å². The number of aromatic nitrogens is 3. The fourth-order valence-corrected chi connectivity index (χ4v) is 8.91. The standard InChI is InChI=1S/C37H48ClN6O5PS/c1-22-23(2)51-35-32(22)33(26-12-15-28(38)16-13-26)41-30(34-43-42-24(3)44(34)35)20-31(45)40-29-17-14-25(11-10-18-39)27(19-29)21-47-50(46,48-36(4,5)6)49-37(7,8)9/h12-17,19,30H,10-11,18,20-21,39H2,1-9H3,(H,40,45)/t30-/m0/s1. The third kappa shape index (κ3) is 9.61. The molecule has 1 amide bonds. The first-order valence-corrected chi connectivity index (χ1v) is 19.7. The maximum atomic E-state index is 13.8. The van der Waals surface area contributed by atoms with Gasteiger partial charge in [0.2, 0.25) is 5.91 Å². The van der Waals surface area contributed by atoms with E-state index in [1.165, 1.54) is 0 Å². The van der Waals surface area contributed by atoms with Gasteiger partial charge in [-0.1, -0.05) is 29.8 Å². The van der Waals surface area contributed by atoms with Gasteiger partial charge in [-0.2, -0.15) is 0 Å². The number of rotatable bonds is 12. The Hall–Kier alpha value is -3.22. The highest BCUT2D eigenvalue weighted by molar-refractivity contribution is 7.48. The van der Waals surface area contributed by atoms with Crippen LogP contribution in [0.5, 0.6) is 0 Å². The molecule has 3 N–H and O–H groups in total. The van der Waals surface area contributed by atoms with Gasteiger partial charge in [-0.05, 0) is 123 Å². The summed E-state index contributed by atoms with van der Waals surface area (Å²) in [5.41, 5.74) is 10.3. The molecule has 0 saturated carbocycles. The van der Waals surface area contributed by atoms with E-state index < -0.39 is 25.1 Å². The van der Waals surface area contributed by atoms with Crippen molar-refractivity contribution in [3.63, 3.8) is 0 Å². The third-order valence-corrected chi connectivity index (χ3v) is 11.5. The number of carbonyl (C=O) groups is 1. The Morgan fingerprint density at radius 3 is 2.29 bits per heavy atom. The Bertz CT molecular complexity index is 1960. The van der Waals surface area contributed by atoms with Gasteiger partial charge in [-0.25, -0.2) is 4.57 Å². The van der Waals surface area contributed by atoms with E-state index in [0.717, 1.165) is 49.8 Å². The quantitative estimate of drug-likeness (QED) is 0.137. The smallest absolute Gasteiger partial charge is 0.330 e. The third-order valence-electron chi connectivity index (χ3n) is 8.03. The van der Waals surface area contributed by atoms with Crippen molar-refractivity contribution in [1.29, 1.82) is 0 Å². The average molecular weight is 755 g/mol. The molecule has 5 rings (SSSR count). The lowest BCUT2D eigenvalue weighted by atomic mass is 9.99. The summed E-state index contributed by atoms with van der Waals surface area (Å²) >= 11 is 7.91. The number of nitrogens with zero attached hydrogens (tertiary/aromatic N) is 4. The van der Waals surface area contributed by atoms with E-state index >= 15 is 0 Å². The molecule has 11 nitrogen and oxygen atoms in total. The molecule has 3 heterocycles. The molecule has 2 aromatic heterocycles. The molecule has 14 heteroatoms. The predicted molar refractivity (Wildman–Crippen MR) is 204 cm³/mol. The summed E-state index contributed by atoms with van der Waals surface area (Å²) in [4.78, 5) is 20.2. The minimum Gasteiger partial charge on any atom is -0.330 e. The van der Waals surface area contributed by atoms with Gasteiger partial charge in [-0.15, -0.1) is 21.5 Å². The van der Waals surface area contributed by atoms with Gasteiger partial charge in [0.05, 0.1) is 29.9 Å². The first-order chi connectivity index (χ1) is 23.9. The number of thiophene rings is 1. The Balaban J connectivity index is 1.45. The van der Waals surface area contributed by atoms with E-state index in [2.05, 4.69) is 29.4 Å². The van der Waals surface area contributed by atoms with Crippen LogP contribution in [0.2, 0.25) is 5.02 Å². The molecule has 0 radical (unpaired) electrons. The molecule has 0 spiro atoms. The number of aliphatic imine (C=N–C) groups is 1. The Labute approximate surface area is 309 Å². The van der Waals surface area contributed by atoms with Crippen molar-refractivity contribution in [3.05, 3.63) is 91.8 Å². The number of hydrogen-bond donors (Lipinski definition) is 2. The molecule has 0 saturated heterocycles. The van der Waals surface area contributed by atoms with Gasteiger partial charge in [0.15, 0.2) is 5.82 Å². The minimum absolute atomic E-state index is 0.0109. The number of fused-ring (bicyclic) bond motifs is 3. The number of halogens is 1. The van der Waals surface area contributed by atoms with E-state index in [-0.39, 0.29) is 18.9 Å². The van der Waals surface area contributed by atoms with Crippen LogP contribution in [0.1, 0.15) is 105 Å². The maximum absolute atomic E-state index is 13.8. The summed E-state index contributed by atoms with van der Waals surface area (Å²) in [7, 11) is -3.98. The van der Waals surface area contributed by atoms with Gasteiger partial charge in [0.25, 0.3) is 0 Å². The zero-order valence-electron chi connectivity index (χ0n) is 30.8. The Morgan fingerprint density at radius 2 is 1.67 bits per heavy atom. The van der Waals surface area contributed by atoms with Crippen LogP contribution in [0.25, 0.3) is 5.00 Å². The van der Waals surface area contributed by atoms with Crippen molar-refractivity contribution in [3.8, 4) is 5.00 Å². The zero-order valence-corrected chi connectivity index (χ0v) is 33.3. The second-order valence-electron chi connectivity index (χ2n) is 14.7. The number of nitrogens with two attached hydrogens (primary N) is 1. The number of amides is 1. The predicted octanol–water partition coefficient (Wildman–Crippen LogP) is 8.97. The fraction of sp³-hybridized carbons (Fsp3) is 0.459. The molecule has 2 aromatic carbocycles. The number of nitrogens with one attached hydrogen (secondary N) is 1. The van der Waals surface area contributed by atoms with Gasteiger partial charge in [-0.3, -0.25) is 27.9 Å². The van der Waals surface area contributed by atoms with Crippen LogP contribution in [0.4, 0.5) is 5.69 Å². The van der Waals surface area contributed by atoms with Gasteiger partial charge < -0.3 is 11.1 Å². The number of anilines is 1. The maximum Gasteiger partial charge on any atom is 0.476 e. The van der Waals surface area contributed by atoms with Crippen LogP contribution in [-0.4, -0.2) is 44.1 Å². The van der Waals surface area contributed by atoms with Crippen molar-refractivity contribution < 1.29 is 22.9 Å². The topological polar surface area (TPSA) is 143 Å². The van der Waals surface area contributed by atoms with Crippen molar-refractivity contribution in [2.24, 2.45) is 10.7 Å². The van der Waals surface area contributed by atoms with Crippen LogP contribution in [0.15, 0.2) is 47.5 Å². The van der Waals surface area contributed by atoms with E-state index in [1.54, 1.807) is 52.9 Å². The lowest BCUT2D eigenvalue weighted by Gasteiger charge is -2.31. The first kappa shape index (κ1) is 39.0. The SMILES string of the molecule is Cc1sc2c(c1C)C(c1ccc(Cl)cc1)=N[C@@H](CC(=O)Nc1ccc(CCCN)c(COP(=O)(OC(C)(C)C)OC(C)(C)C)c1)c1nnc(C)n1-2. The number of hydrogen-bond acceptors (Lipinski definition) is 10. The van der Waals surface area contributed by atoms with Crippen LogP contribution in [0.3, 0.4) is 0 Å². The minimum atomic E-state index is -3.98. The van der Waals surface area contributed by atoms with Gasteiger partial charge >= 0.3 is 7.82 Å². The number of benzene rings is 2. The second kappa shape index (κ2) is 15.4. The van der Waals surface area contributed by atoms with E-state index in [4.69, 9.17) is 35.9 Å². The first-order valence-electron chi connectivity index (χ1n) is 17.0. The molecule has 0 fully saturated rings. The highest BCUT2D eigenvalue weighted by Crippen LogP contribution is 2.56. The molecule has 274 valence electrons. The lowest BCUT2D eigenvalue weighted by Crippen LogP contribution is -2.24. The van der Waals surface area contributed by atoms with E-state index in [0.29, 0.717) is 35.3 Å². The van der Waals surface area contributed by atoms with Crippen LogP contribution in [-0.2, 0) is 36.0 Å². The summed E-state index contributed by atoms with van der Waals surface area (Å²) in [6, 6.07) is 12.5. The fourth-order valence-electron chi connectivity index (χ4n) is 5.79. The average Bonchev–Trinajstić information content (AvgIpc) is 3.50. The van der Waals surface area contributed by atoms with Crippen molar-refractivity contribution in [2.45, 2.75) is 105 Å². The molecule has 0 bridgehead atoms. The van der Waals surface area contributed by atoms with Crippen molar-refractivity contribution in [1.82, 2.24) is 14.8 Å². The highest BCUT2D eigenvalue weighted by atomic mass is 35.5. The summed E-state index contributed by atoms with van der Waals surface area (Å²) in [5.74, 6) is 1.05. The summed E-state index contributed by atoms with van der Waals surface area (Å²) in [6.45, 7) is 17.3. The molecule has 1 aliphatic rings. The number of phosphoric acid groups is 1. The highest BCUT2D eigenvalue weighted by Gasteiger charge is 2.37. The molecule has 4 aromatic rings. The normalized spacial score (nSPS) is 14.9. The van der Waals surface area contributed by atoms with Crippen molar-refractivity contribution >= 4 is 48.1 Å². The molecule has 51 heavy (non-hydrogen) atoms. The Morgan fingerprint density at radius 1 is 1.00 bits per heavy atom.